The quantitative estimate of drug-likeness (QED) is 0.327. The summed E-state index contributed by atoms with van der Waals surface area (Å²) in [4.78, 5) is 22.0. The summed E-state index contributed by atoms with van der Waals surface area (Å²) >= 11 is 0. The summed E-state index contributed by atoms with van der Waals surface area (Å²) in [6.45, 7) is 1.04. The van der Waals surface area contributed by atoms with E-state index in [1.165, 1.54) is 23.3 Å². The maximum absolute atomic E-state index is 15.4. The predicted octanol–water partition coefficient (Wildman–Crippen LogP) is 3.47. The molecule has 5 rings (SSSR count). The number of methoxy groups -OCH3 is 1. The van der Waals surface area contributed by atoms with Gasteiger partial charge in [0, 0.05) is 18.8 Å². The number of hydrogen-bond donors (Lipinski definition) is 2. The lowest BCUT2D eigenvalue weighted by molar-refractivity contribution is 0.292. The van der Waals surface area contributed by atoms with E-state index < -0.39 is 11.4 Å². The van der Waals surface area contributed by atoms with Gasteiger partial charge < -0.3 is 15.2 Å². The Hall–Kier alpha value is -4.34. The Morgan fingerprint density at radius 1 is 1.00 bits per heavy atom. The van der Waals surface area contributed by atoms with Crippen LogP contribution in [-0.2, 0) is 6.54 Å². The van der Waals surface area contributed by atoms with Crippen LogP contribution in [-0.4, -0.2) is 44.5 Å². The number of imidazole rings is 1. The van der Waals surface area contributed by atoms with Crippen LogP contribution in [0.15, 0.2) is 84.2 Å². The molecule has 2 N–H and O–H groups in total. The van der Waals surface area contributed by atoms with E-state index in [2.05, 4.69) is 15.3 Å². The fourth-order valence-corrected chi connectivity index (χ4v) is 4.15. The van der Waals surface area contributed by atoms with Gasteiger partial charge in [0.25, 0.3) is 5.56 Å². The highest BCUT2D eigenvalue weighted by atomic mass is 19.1. The zero-order valence-electron chi connectivity index (χ0n) is 19.6. The lowest BCUT2D eigenvalue weighted by Gasteiger charge is -2.13. The SMILES string of the molecule is COc1ccc(-n2cnc3ncn(-c4ccc(-c5ccccc5CNCCO)cc4F)c(=O)c32)cc1. The summed E-state index contributed by atoms with van der Waals surface area (Å²) in [6.07, 6.45) is 2.81. The molecule has 9 heteroatoms. The van der Waals surface area contributed by atoms with Crippen LogP contribution in [0.3, 0.4) is 0 Å². The average molecular weight is 486 g/mol. The van der Waals surface area contributed by atoms with Crippen molar-refractivity contribution in [2.24, 2.45) is 0 Å². The molecule has 36 heavy (non-hydrogen) atoms. The van der Waals surface area contributed by atoms with E-state index in [1.807, 2.05) is 24.3 Å². The average Bonchev–Trinajstić information content (AvgIpc) is 3.35. The Balaban J connectivity index is 1.54. The maximum atomic E-state index is 15.4. The van der Waals surface area contributed by atoms with E-state index in [4.69, 9.17) is 9.84 Å². The van der Waals surface area contributed by atoms with Crippen LogP contribution in [0.4, 0.5) is 4.39 Å². The van der Waals surface area contributed by atoms with Crippen LogP contribution < -0.4 is 15.6 Å². The molecule has 0 saturated carbocycles. The second kappa shape index (κ2) is 10.1. The summed E-state index contributed by atoms with van der Waals surface area (Å²) in [5.41, 5.74) is 3.40. The third-order valence-electron chi connectivity index (χ3n) is 5.96. The summed E-state index contributed by atoms with van der Waals surface area (Å²) in [7, 11) is 1.58. The first kappa shape index (κ1) is 23.4. The lowest BCUT2D eigenvalue weighted by atomic mass is 9.99. The van der Waals surface area contributed by atoms with Crippen molar-refractivity contribution in [1.82, 2.24) is 24.4 Å². The molecular formula is C27H24FN5O3. The molecule has 0 atom stereocenters. The van der Waals surface area contributed by atoms with Gasteiger partial charge in [0.15, 0.2) is 11.2 Å². The van der Waals surface area contributed by atoms with Gasteiger partial charge >= 0.3 is 0 Å². The Kier molecular flexibility index (Phi) is 6.57. The Labute approximate surface area is 206 Å². The monoisotopic (exact) mass is 485 g/mol. The maximum Gasteiger partial charge on any atom is 0.284 e. The highest BCUT2D eigenvalue weighted by Crippen LogP contribution is 2.27. The second-order valence-corrected chi connectivity index (χ2v) is 8.13. The van der Waals surface area contributed by atoms with Gasteiger partial charge in [-0.3, -0.25) is 13.9 Å². The van der Waals surface area contributed by atoms with Crippen LogP contribution in [0.2, 0.25) is 0 Å². The fourth-order valence-electron chi connectivity index (χ4n) is 4.15. The molecule has 0 aliphatic carbocycles. The molecule has 0 amide bonds. The minimum atomic E-state index is -0.551. The molecule has 182 valence electrons. The van der Waals surface area contributed by atoms with Crippen LogP contribution >= 0.6 is 0 Å². The summed E-state index contributed by atoms with van der Waals surface area (Å²) in [5.74, 6) is 0.135. The van der Waals surface area contributed by atoms with Gasteiger partial charge in [-0.25, -0.2) is 14.4 Å². The molecule has 0 aliphatic rings. The molecule has 0 spiro atoms. The van der Waals surface area contributed by atoms with Gasteiger partial charge in [-0.15, -0.1) is 0 Å². The van der Waals surface area contributed by atoms with Gasteiger partial charge in [-0.1, -0.05) is 30.3 Å². The van der Waals surface area contributed by atoms with E-state index in [0.717, 1.165) is 11.1 Å². The van der Waals surface area contributed by atoms with Gasteiger partial charge in [0.05, 0.1) is 19.4 Å². The lowest BCUT2D eigenvalue weighted by Crippen LogP contribution is -2.21. The molecule has 0 radical (unpaired) electrons. The van der Waals surface area contributed by atoms with Crippen molar-refractivity contribution in [3.8, 4) is 28.3 Å². The Morgan fingerprint density at radius 3 is 2.47 bits per heavy atom. The van der Waals surface area contributed by atoms with Crippen molar-refractivity contribution in [2.75, 3.05) is 20.3 Å². The number of nitrogens with one attached hydrogen (secondary N) is 1. The highest BCUT2D eigenvalue weighted by molar-refractivity contribution is 5.73. The molecule has 0 unspecified atom stereocenters. The zero-order valence-corrected chi connectivity index (χ0v) is 19.6. The smallest absolute Gasteiger partial charge is 0.284 e. The second-order valence-electron chi connectivity index (χ2n) is 8.13. The number of fused-ring (bicyclic) bond motifs is 1. The molecule has 3 aromatic carbocycles. The van der Waals surface area contributed by atoms with Gasteiger partial charge in [-0.2, -0.15) is 0 Å². The van der Waals surface area contributed by atoms with Crippen molar-refractivity contribution in [3.05, 3.63) is 101 Å². The number of benzene rings is 3. The number of rotatable bonds is 8. The molecule has 0 bridgehead atoms. The molecular weight excluding hydrogens is 461 g/mol. The number of hydrogen-bond acceptors (Lipinski definition) is 6. The van der Waals surface area contributed by atoms with Gasteiger partial charge in [-0.05, 0) is 53.1 Å². The third-order valence-corrected chi connectivity index (χ3v) is 5.96. The molecule has 0 aliphatic heterocycles. The van der Waals surface area contributed by atoms with E-state index in [9.17, 15) is 4.79 Å². The fraction of sp³-hybridized carbons (Fsp3) is 0.148. The minimum Gasteiger partial charge on any atom is -0.497 e. The van der Waals surface area contributed by atoms with Crippen LogP contribution in [0.1, 0.15) is 5.56 Å². The molecule has 2 heterocycles. The van der Waals surface area contributed by atoms with E-state index in [1.54, 1.807) is 48.1 Å². The van der Waals surface area contributed by atoms with Gasteiger partial charge in [0.2, 0.25) is 0 Å². The van der Waals surface area contributed by atoms with Gasteiger partial charge in [0.1, 0.15) is 24.2 Å². The number of nitrogens with zero attached hydrogens (tertiary/aromatic N) is 4. The van der Waals surface area contributed by atoms with Crippen molar-refractivity contribution >= 4 is 11.2 Å². The summed E-state index contributed by atoms with van der Waals surface area (Å²) < 4.78 is 23.4. The number of aromatic nitrogens is 4. The van der Waals surface area contributed by atoms with E-state index >= 15 is 4.39 Å². The number of aliphatic hydroxyl groups excluding tert-OH is 1. The molecule has 8 nitrogen and oxygen atoms in total. The first-order chi connectivity index (χ1) is 17.6. The van der Waals surface area contributed by atoms with E-state index in [0.29, 0.717) is 30.1 Å². The Bertz CT molecular complexity index is 1580. The summed E-state index contributed by atoms with van der Waals surface area (Å²) in [5, 5.41) is 12.2. The normalized spacial score (nSPS) is 11.2. The standard InChI is InChI=1S/C27H24FN5O3/c1-36-21-9-7-20(8-10-21)32-16-30-26-25(32)27(35)33(17-31-26)24-11-6-18(14-23(24)28)22-5-3-2-4-19(22)15-29-12-13-34/h2-11,14,16-17,29,34H,12-13,15H2,1H3. The van der Waals surface area contributed by atoms with E-state index in [-0.39, 0.29) is 23.5 Å². The molecule has 0 fully saturated rings. The van der Waals surface area contributed by atoms with Crippen LogP contribution in [0.25, 0.3) is 33.7 Å². The molecule has 0 saturated heterocycles. The largest absolute Gasteiger partial charge is 0.497 e. The predicted molar refractivity (Wildman–Crippen MR) is 135 cm³/mol. The molecule has 2 aromatic heterocycles. The molecule has 5 aromatic rings. The number of aliphatic hydroxyl groups is 1. The number of ether oxygens (including phenoxy) is 1. The topological polar surface area (TPSA) is 94.2 Å². The van der Waals surface area contributed by atoms with Crippen molar-refractivity contribution in [3.63, 3.8) is 0 Å². The van der Waals surface area contributed by atoms with Crippen LogP contribution in [0.5, 0.6) is 5.75 Å². The minimum absolute atomic E-state index is 0.0377. The van der Waals surface area contributed by atoms with Crippen molar-refractivity contribution in [1.29, 1.82) is 0 Å². The first-order valence-electron chi connectivity index (χ1n) is 11.4. The summed E-state index contributed by atoms with van der Waals surface area (Å²) in [6, 6.07) is 19.6. The Morgan fingerprint density at radius 2 is 1.75 bits per heavy atom. The zero-order chi connectivity index (χ0) is 25.1. The highest BCUT2D eigenvalue weighted by Gasteiger charge is 2.16. The number of halogens is 1. The van der Waals surface area contributed by atoms with Crippen LogP contribution in [0, 0.1) is 5.82 Å². The third kappa shape index (κ3) is 4.37. The van der Waals surface area contributed by atoms with Crippen molar-refractivity contribution < 1.29 is 14.2 Å². The van der Waals surface area contributed by atoms with Crippen molar-refractivity contribution in [2.45, 2.75) is 6.54 Å². The first-order valence-corrected chi connectivity index (χ1v) is 11.4.